The van der Waals surface area contributed by atoms with Crippen molar-refractivity contribution in [2.45, 2.75) is 6.61 Å². The molecular formula is C15H15ClN2O2. The van der Waals surface area contributed by atoms with Crippen LogP contribution in [0, 0.1) is 5.41 Å². The van der Waals surface area contributed by atoms with Crippen molar-refractivity contribution in [1.29, 1.82) is 5.41 Å². The van der Waals surface area contributed by atoms with Gasteiger partial charge in [-0.1, -0.05) is 23.7 Å². The maximum Gasteiger partial charge on any atom is 0.134 e. The van der Waals surface area contributed by atoms with Crippen molar-refractivity contribution in [3.8, 4) is 11.5 Å². The van der Waals surface area contributed by atoms with Crippen molar-refractivity contribution in [1.82, 2.24) is 0 Å². The second-order valence-electron chi connectivity index (χ2n) is 4.19. The van der Waals surface area contributed by atoms with E-state index in [1.54, 1.807) is 31.4 Å². The summed E-state index contributed by atoms with van der Waals surface area (Å²) >= 11 is 5.93. The highest BCUT2D eigenvalue weighted by molar-refractivity contribution is 6.30. The van der Waals surface area contributed by atoms with E-state index in [0.29, 0.717) is 28.7 Å². The third-order valence-corrected chi connectivity index (χ3v) is 3.00. The highest BCUT2D eigenvalue weighted by Gasteiger charge is 2.09. The molecule has 0 aliphatic heterocycles. The van der Waals surface area contributed by atoms with Gasteiger partial charge in [0.1, 0.15) is 23.9 Å². The number of nitrogens with two attached hydrogens (primary N) is 1. The molecule has 0 bridgehead atoms. The van der Waals surface area contributed by atoms with Gasteiger partial charge in [0.05, 0.1) is 12.7 Å². The van der Waals surface area contributed by atoms with E-state index < -0.39 is 0 Å². The molecule has 0 radical (unpaired) electrons. The largest absolute Gasteiger partial charge is 0.497 e. The summed E-state index contributed by atoms with van der Waals surface area (Å²) in [6.45, 7) is 0.341. The Labute approximate surface area is 122 Å². The molecule has 2 aromatic carbocycles. The Bertz CT molecular complexity index is 629. The molecule has 4 nitrogen and oxygen atoms in total. The van der Waals surface area contributed by atoms with E-state index in [0.717, 1.165) is 5.56 Å². The van der Waals surface area contributed by atoms with Crippen LogP contribution in [0.1, 0.15) is 11.1 Å². The van der Waals surface area contributed by atoms with E-state index in [2.05, 4.69) is 0 Å². The number of nitrogens with one attached hydrogen (secondary N) is 1. The summed E-state index contributed by atoms with van der Waals surface area (Å²) in [6.07, 6.45) is 0. The third-order valence-electron chi connectivity index (χ3n) is 2.76. The number of methoxy groups -OCH3 is 1. The minimum atomic E-state index is -0.0475. The predicted molar refractivity (Wildman–Crippen MR) is 79.8 cm³/mol. The molecule has 0 unspecified atom stereocenters. The molecule has 3 N–H and O–H groups in total. The lowest BCUT2D eigenvalue weighted by molar-refractivity contribution is 0.303. The Kier molecular flexibility index (Phi) is 4.48. The average molecular weight is 291 g/mol. The first-order chi connectivity index (χ1) is 9.60. The smallest absolute Gasteiger partial charge is 0.134 e. The van der Waals surface area contributed by atoms with Gasteiger partial charge in [-0.3, -0.25) is 5.41 Å². The lowest BCUT2D eigenvalue weighted by Gasteiger charge is -2.12. The standard InChI is InChI=1S/C15H15ClN2O2/c1-19-12-5-6-13(15(17)18)14(8-12)20-9-10-3-2-4-11(16)7-10/h2-8H,9H2,1H3,(H3,17,18). The zero-order chi connectivity index (χ0) is 14.5. The lowest BCUT2D eigenvalue weighted by atomic mass is 10.1. The highest BCUT2D eigenvalue weighted by atomic mass is 35.5. The van der Waals surface area contributed by atoms with Crippen molar-refractivity contribution in [3.63, 3.8) is 0 Å². The van der Waals surface area contributed by atoms with Gasteiger partial charge in [0.15, 0.2) is 0 Å². The van der Waals surface area contributed by atoms with Crippen LogP contribution in [-0.2, 0) is 6.61 Å². The molecule has 0 aliphatic rings. The molecule has 5 heteroatoms. The Morgan fingerprint density at radius 2 is 2.05 bits per heavy atom. The van der Waals surface area contributed by atoms with Crippen LogP contribution in [0.5, 0.6) is 11.5 Å². The first kappa shape index (κ1) is 14.2. The van der Waals surface area contributed by atoms with Crippen molar-refractivity contribution < 1.29 is 9.47 Å². The number of ether oxygens (including phenoxy) is 2. The molecule has 0 fully saturated rings. The lowest BCUT2D eigenvalue weighted by Crippen LogP contribution is -2.13. The van der Waals surface area contributed by atoms with Crippen LogP contribution in [0.15, 0.2) is 42.5 Å². The first-order valence-electron chi connectivity index (χ1n) is 6.00. The van der Waals surface area contributed by atoms with Crippen molar-refractivity contribution in [3.05, 3.63) is 58.6 Å². The van der Waals surface area contributed by atoms with E-state index in [1.165, 1.54) is 0 Å². The maximum atomic E-state index is 7.56. The number of halogens is 1. The maximum absolute atomic E-state index is 7.56. The van der Waals surface area contributed by atoms with Crippen molar-refractivity contribution in [2.24, 2.45) is 5.73 Å². The molecule has 0 aromatic heterocycles. The van der Waals surface area contributed by atoms with Gasteiger partial charge in [-0.05, 0) is 29.8 Å². The molecule has 0 heterocycles. The third kappa shape index (κ3) is 3.42. The van der Waals surface area contributed by atoms with Gasteiger partial charge in [0, 0.05) is 11.1 Å². The van der Waals surface area contributed by atoms with E-state index >= 15 is 0 Å². The number of hydrogen-bond donors (Lipinski definition) is 2. The predicted octanol–water partition coefficient (Wildman–Crippen LogP) is 3.21. The average Bonchev–Trinajstić information content (AvgIpc) is 2.44. The van der Waals surface area contributed by atoms with Crippen LogP contribution in [0.25, 0.3) is 0 Å². The van der Waals surface area contributed by atoms with E-state index in [4.69, 9.17) is 32.2 Å². The fraction of sp³-hybridized carbons (Fsp3) is 0.133. The van der Waals surface area contributed by atoms with Crippen LogP contribution < -0.4 is 15.2 Å². The van der Waals surface area contributed by atoms with E-state index in [1.807, 2.05) is 18.2 Å². The van der Waals surface area contributed by atoms with Gasteiger partial charge in [0.25, 0.3) is 0 Å². The number of benzene rings is 2. The van der Waals surface area contributed by atoms with Gasteiger partial charge in [0.2, 0.25) is 0 Å². The molecule has 2 aromatic rings. The molecule has 104 valence electrons. The highest BCUT2D eigenvalue weighted by Crippen LogP contribution is 2.25. The van der Waals surface area contributed by atoms with E-state index in [9.17, 15) is 0 Å². The molecule has 0 atom stereocenters. The van der Waals surface area contributed by atoms with Crippen LogP contribution in [0.3, 0.4) is 0 Å². The Hall–Kier alpha value is -2.20. The van der Waals surface area contributed by atoms with Crippen LogP contribution in [0.2, 0.25) is 5.02 Å². The monoisotopic (exact) mass is 290 g/mol. The zero-order valence-corrected chi connectivity index (χ0v) is 11.8. The molecule has 20 heavy (non-hydrogen) atoms. The van der Waals surface area contributed by atoms with Crippen LogP contribution in [0.4, 0.5) is 0 Å². The quantitative estimate of drug-likeness (QED) is 0.656. The fourth-order valence-electron chi connectivity index (χ4n) is 1.76. The number of nitrogen functional groups attached to an aromatic ring is 1. The van der Waals surface area contributed by atoms with Gasteiger partial charge in [-0.15, -0.1) is 0 Å². The SMILES string of the molecule is COc1ccc(C(=N)N)c(OCc2cccc(Cl)c2)c1. The Balaban J connectivity index is 2.21. The fourth-order valence-corrected chi connectivity index (χ4v) is 1.97. The van der Waals surface area contributed by atoms with Crippen LogP contribution >= 0.6 is 11.6 Å². The topological polar surface area (TPSA) is 68.3 Å². The number of rotatable bonds is 5. The van der Waals surface area contributed by atoms with Gasteiger partial charge < -0.3 is 15.2 Å². The molecule has 0 amide bonds. The van der Waals surface area contributed by atoms with Gasteiger partial charge in [-0.25, -0.2) is 0 Å². The Morgan fingerprint density at radius 1 is 1.25 bits per heavy atom. The minimum Gasteiger partial charge on any atom is -0.497 e. The Morgan fingerprint density at radius 3 is 2.70 bits per heavy atom. The molecule has 2 rings (SSSR count). The zero-order valence-electron chi connectivity index (χ0n) is 11.0. The summed E-state index contributed by atoms with van der Waals surface area (Å²) in [5.41, 5.74) is 7.02. The second kappa shape index (κ2) is 6.30. The summed E-state index contributed by atoms with van der Waals surface area (Å²) < 4.78 is 10.9. The summed E-state index contributed by atoms with van der Waals surface area (Å²) in [5.74, 6) is 1.11. The first-order valence-corrected chi connectivity index (χ1v) is 6.37. The number of hydrogen-bond acceptors (Lipinski definition) is 3. The second-order valence-corrected chi connectivity index (χ2v) is 4.63. The molecule has 0 saturated carbocycles. The summed E-state index contributed by atoms with van der Waals surface area (Å²) in [5, 5.41) is 8.21. The normalized spacial score (nSPS) is 10.1. The molecule has 0 spiro atoms. The molecule has 0 aliphatic carbocycles. The summed E-state index contributed by atoms with van der Waals surface area (Å²) in [6, 6.07) is 12.6. The minimum absolute atomic E-state index is 0.0475. The van der Waals surface area contributed by atoms with Gasteiger partial charge >= 0.3 is 0 Å². The molecular weight excluding hydrogens is 276 g/mol. The summed E-state index contributed by atoms with van der Waals surface area (Å²) in [7, 11) is 1.57. The van der Waals surface area contributed by atoms with Crippen molar-refractivity contribution >= 4 is 17.4 Å². The molecule has 0 saturated heterocycles. The van der Waals surface area contributed by atoms with Gasteiger partial charge in [-0.2, -0.15) is 0 Å². The van der Waals surface area contributed by atoms with Crippen molar-refractivity contribution in [2.75, 3.05) is 7.11 Å². The summed E-state index contributed by atoms with van der Waals surface area (Å²) in [4.78, 5) is 0. The van der Waals surface area contributed by atoms with E-state index in [-0.39, 0.29) is 5.84 Å². The van der Waals surface area contributed by atoms with Crippen LogP contribution in [-0.4, -0.2) is 12.9 Å². The number of amidine groups is 1.